The minimum absolute atomic E-state index is 0.0822. The van der Waals surface area contributed by atoms with E-state index in [-0.39, 0.29) is 17.5 Å². The van der Waals surface area contributed by atoms with Gasteiger partial charge in [-0.05, 0) is 47.0 Å². The highest BCUT2D eigenvalue weighted by atomic mass is 16.3. The molecule has 2 rings (SSSR count). The third kappa shape index (κ3) is 2.57. The number of rotatable bonds is 1. The van der Waals surface area contributed by atoms with Crippen LogP contribution in [0.1, 0.15) is 57.6 Å². The molecule has 3 atom stereocenters. The fourth-order valence-electron chi connectivity index (χ4n) is 2.59. The summed E-state index contributed by atoms with van der Waals surface area (Å²) in [6.07, 6.45) is 2.10. The van der Waals surface area contributed by atoms with Crippen LogP contribution >= 0.6 is 0 Å². The molecule has 1 aromatic rings. The second-order valence-electron chi connectivity index (χ2n) is 6.34. The Bertz CT molecular complexity index is 421. The van der Waals surface area contributed by atoms with Gasteiger partial charge in [-0.15, -0.1) is 0 Å². The van der Waals surface area contributed by atoms with Gasteiger partial charge in [0.05, 0.1) is 11.6 Å². The zero-order valence-corrected chi connectivity index (χ0v) is 11.7. The molecular weight excluding hydrogens is 228 g/mol. The molecule has 0 unspecified atom stereocenters. The summed E-state index contributed by atoms with van der Waals surface area (Å²) in [5, 5.41) is 14.4. The molecule has 1 aliphatic rings. The smallest absolute Gasteiger partial charge is 0.147 e. The molecular formula is C13H24N4O. The third-order valence-electron chi connectivity index (χ3n) is 3.61. The van der Waals surface area contributed by atoms with Gasteiger partial charge in [-0.2, -0.15) is 5.10 Å². The van der Waals surface area contributed by atoms with Gasteiger partial charge in [0.1, 0.15) is 11.6 Å². The molecule has 5 nitrogen and oxygen atoms in total. The van der Waals surface area contributed by atoms with Crippen LogP contribution in [0.2, 0.25) is 0 Å². The standard InChI is InChI=1S/C13H24N4O/c1-8-15-12(17(16-8)13(2,3)4)9-5-6-10(14)11(18)7-9/h9-11,18H,5-7,14H2,1-4H3/t9-,10+,11+/m0/s1. The largest absolute Gasteiger partial charge is 0.391 e. The molecule has 0 saturated heterocycles. The Hall–Kier alpha value is -0.940. The van der Waals surface area contributed by atoms with Crippen molar-refractivity contribution in [3.63, 3.8) is 0 Å². The average Bonchev–Trinajstić information content (AvgIpc) is 2.64. The molecule has 1 aliphatic carbocycles. The van der Waals surface area contributed by atoms with Gasteiger partial charge in [0.2, 0.25) is 0 Å². The van der Waals surface area contributed by atoms with Crippen LogP contribution in [0.3, 0.4) is 0 Å². The van der Waals surface area contributed by atoms with E-state index in [2.05, 4.69) is 30.9 Å². The lowest BCUT2D eigenvalue weighted by Crippen LogP contribution is -2.40. The Morgan fingerprint density at radius 3 is 2.56 bits per heavy atom. The van der Waals surface area contributed by atoms with Crippen molar-refractivity contribution in [2.24, 2.45) is 5.73 Å². The van der Waals surface area contributed by atoms with Crippen LogP contribution in [-0.2, 0) is 5.54 Å². The Morgan fingerprint density at radius 2 is 2.00 bits per heavy atom. The quantitative estimate of drug-likeness (QED) is 0.789. The molecule has 0 spiro atoms. The van der Waals surface area contributed by atoms with E-state index in [4.69, 9.17) is 5.73 Å². The summed E-state index contributed by atoms with van der Waals surface area (Å²) in [5.74, 6) is 2.05. The van der Waals surface area contributed by atoms with Crippen LogP contribution in [0.25, 0.3) is 0 Å². The van der Waals surface area contributed by atoms with Crippen LogP contribution in [0.5, 0.6) is 0 Å². The summed E-state index contributed by atoms with van der Waals surface area (Å²) in [7, 11) is 0. The summed E-state index contributed by atoms with van der Waals surface area (Å²) in [5.41, 5.74) is 5.77. The summed E-state index contributed by atoms with van der Waals surface area (Å²) in [6.45, 7) is 8.28. The first-order valence-electron chi connectivity index (χ1n) is 6.66. The van der Waals surface area contributed by atoms with Crippen LogP contribution < -0.4 is 5.73 Å². The van der Waals surface area contributed by atoms with Crippen molar-refractivity contribution in [2.45, 2.75) is 70.6 Å². The predicted octanol–water partition coefficient (Wildman–Crippen LogP) is 1.30. The van der Waals surface area contributed by atoms with Crippen LogP contribution in [0.15, 0.2) is 0 Å². The van der Waals surface area contributed by atoms with E-state index in [1.807, 2.05) is 11.6 Å². The number of aliphatic hydroxyl groups is 1. The summed E-state index contributed by atoms with van der Waals surface area (Å²) < 4.78 is 2.00. The van der Waals surface area contributed by atoms with Crippen molar-refractivity contribution >= 4 is 0 Å². The van der Waals surface area contributed by atoms with E-state index in [0.717, 1.165) is 24.5 Å². The number of nitrogens with zero attached hydrogens (tertiary/aromatic N) is 3. The number of hydrogen-bond acceptors (Lipinski definition) is 4. The number of hydrogen-bond donors (Lipinski definition) is 2. The van der Waals surface area contributed by atoms with Crippen molar-refractivity contribution in [1.82, 2.24) is 14.8 Å². The van der Waals surface area contributed by atoms with Crippen molar-refractivity contribution in [1.29, 1.82) is 0 Å². The van der Waals surface area contributed by atoms with E-state index >= 15 is 0 Å². The minimum atomic E-state index is -0.422. The number of aryl methyl sites for hydroxylation is 1. The molecule has 0 radical (unpaired) electrons. The fourth-order valence-corrected chi connectivity index (χ4v) is 2.59. The van der Waals surface area contributed by atoms with Crippen molar-refractivity contribution < 1.29 is 5.11 Å². The second-order valence-corrected chi connectivity index (χ2v) is 6.34. The van der Waals surface area contributed by atoms with Crippen LogP contribution in [-0.4, -0.2) is 32.0 Å². The van der Waals surface area contributed by atoms with E-state index < -0.39 is 6.10 Å². The maximum Gasteiger partial charge on any atom is 0.147 e. The molecule has 1 aromatic heterocycles. The average molecular weight is 252 g/mol. The Kier molecular flexibility index (Phi) is 3.47. The lowest BCUT2D eigenvalue weighted by atomic mass is 9.83. The van der Waals surface area contributed by atoms with Gasteiger partial charge in [-0.25, -0.2) is 9.67 Å². The predicted molar refractivity (Wildman–Crippen MR) is 70.3 cm³/mol. The fraction of sp³-hybridized carbons (Fsp3) is 0.846. The highest BCUT2D eigenvalue weighted by Crippen LogP contribution is 2.33. The molecule has 102 valence electrons. The molecule has 0 bridgehead atoms. The molecule has 1 heterocycles. The number of aliphatic hydroxyl groups excluding tert-OH is 1. The molecule has 5 heteroatoms. The molecule has 3 N–H and O–H groups in total. The van der Waals surface area contributed by atoms with Gasteiger partial charge in [-0.3, -0.25) is 0 Å². The van der Waals surface area contributed by atoms with Gasteiger partial charge in [0.25, 0.3) is 0 Å². The second kappa shape index (κ2) is 4.63. The van der Waals surface area contributed by atoms with Crippen molar-refractivity contribution in [2.75, 3.05) is 0 Å². The first-order chi connectivity index (χ1) is 8.29. The van der Waals surface area contributed by atoms with E-state index in [1.54, 1.807) is 0 Å². The summed E-state index contributed by atoms with van der Waals surface area (Å²) in [6, 6.07) is -0.0895. The summed E-state index contributed by atoms with van der Waals surface area (Å²) >= 11 is 0. The first kappa shape index (κ1) is 13.5. The molecule has 0 aromatic carbocycles. The molecule has 1 fully saturated rings. The third-order valence-corrected chi connectivity index (χ3v) is 3.61. The van der Waals surface area contributed by atoms with Gasteiger partial charge < -0.3 is 10.8 Å². The minimum Gasteiger partial charge on any atom is -0.391 e. The number of nitrogens with two attached hydrogens (primary N) is 1. The topological polar surface area (TPSA) is 77.0 Å². The van der Waals surface area contributed by atoms with E-state index in [9.17, 15) is 5.11 Å². The zero-order chi connectivity index (χ0) is 13.5. The van der Waals surface area contributed by atoms with Crippen molar-refractivity contribution in [3.8, 4) is 0 Å². The van der Waals surface area contributed by atoms with Gasteiger partial charge in [-0.1, -0.05) is 0 Å². The SMILES string of the molecule is Cc1nc([C@H]2CC[C@@H](N)[C@H](O)C2)n(C(C)(C)C)n1. The highest BCUT2D eigenvalue weighted by molar-refractivity contribution is 5.05. The monoisotopic (exact) mass is 252 g/mol. The maximum atomic E-state index is 9.93. The Morgan fingerprint density at radius 1 is 1.33 bits per heavy atom. The lowest BCUT2D eigenvalue weighted by Gasteiger charge is -2.32. The van der Waals surface area contributed by atoms with Crippen LogP contribution in [0, 0.1) is 6.92 Å². The molecule has 18 heavy (non-hydrogen) atoms. The Balaban J connectivity index is 2.28. The van der Waals surface area contributed by atoms with E-state index in [1.165, 1.54) is 0 Å². The van der Waals surface area contributed by atoms with Gasteiger partial charge in [0.15, 0.2) is 0 Å². The Labute approximate surface area is 108 Å². The van der Waals surface area contributed by atoms with Gasteiger partial charge in [0, 0.05) is 12.0 Å². The maximum absolute atomic E-state index is 9.93. The number of aromatic nitrogens is 3. The first-order valence-corrected chi connectivity index (χ1v) is 6.66. The van der Waals surface area contributed by atoms with Crippen LogP contribution in [0.4, 0.5) is 0 Å². The zero-order valence-electron chi connectivity index (χ0n) is 11.7. The van der Waals surface area contributed by atoms with Gasteiger partial charge >= 0.3 is 0 Å². The lowest BCUT2D eigenvalue weighted by molar-refractivity contribution is 0.0943. The molecule has 0 amide bonds. The molecule has 0 aliphatic heterocycles. The summed E-state index contributed by atoms with van der Waals surface area (Å²) in [4.78, 5) is 4.56. The van der Waals surface area contributed by atoms with Crippen molar-refractivity contribution in [3.05, 3.63) is 11.6 Å². The molecule has 1 saturated carbocycles. The normalized spacial score (nSPS) is 29.6. The van der Waals surface area contributed by atoms with E-state index in [0.29, 0.717) is 6.42 Å². The highest BCUT2D eigenvalue weighted by Gasteiger charge is 2.32.